The van der Waals surface area contributed by atoms with Crippen LogP contribution in [-0.4, -0.2) is 33.3 Å². The number of rotatable bonds is 4. The molecule has 0 amide bonds. The number of sulfonamides is 2. The minimum atomic E-state index is -6.32. The van der Waals surface area contributed by atoms with E-state index in [1.54, 1.807) is 0 Å². The van der Waals surface area contributed by atoms with Crippen molar-refractivity contribution in [3.63, 3.8) is 0 Å². The molecule has 1 rings (SSSR count). The van der Waals surface area contributed by atoms with Crippen LogP contribution < -0.4 is 3.71 Å². The molecule has 0 unspecified atom stereocenters. The molecule has 0 fully saturated rings. The maximum absolute atomic E-state index is 12.4. The molecule has 0 radical (unpaired) electrons. The number of nitrogens with zero attached hydrogens (tertiary/aromatic N) is 2. The van der Waals surface area contributed by atoms with Crippen LogP contribution in [0, 0.1) is 0 Å². The Morgan fingerprint density at radius 1 is 1.16 bits per heavy atom. The second-order valence-corrected chi connectivity index (χ2v) is 6.81. The third-order valence-corrected chi connectivity index (χ3v) is 5.18. The van der Waals surface area contributed by atoms with Crippen molar-refractivity contribution < 1.29 is 34.4 Å². The molecular weight excluding hydrogens is 316 g/mol. The van der Waals surface area contributed by atoms with Crippen molar-refractivity contribution in [1.82, 2.24) is 4.98 Å². The zero-order chi connectivity index (χ0) is 14.9. The number of aromatic nitrogens is 1. The first-order valence-electron chi connectivity index (χ1n) is 4.35. The molecule has 0 aromatic carbocycles. The van der Waals surface area contributed by atoms with Gasteiger partial charge in [0.1, 0.15) is 0 Å². The van der Waals surface area contributed by atoms with Crippen LogP contribution in [0.2, 0.25) is 0 Å². The Morgan fingerprint density at radius 2 is 1.74 bits per heavy atom. The molecule has 1 heterocycles. The lowest BCUT2D eigenvalue weighted by Crippen LogP contribution is -2.45. The zero-order valence-corrected chi connectivity index (χ0v) is 10.5. The number of halogens is 4. The van der Waals surface area contributed by atoms with Gasteiger partial charge in [-0.25, -0.2) is 17.8 Å². The van der Waals surface area contributed by atoms with Gasteiger partial charge >= 0.3 is 15.5 Å². The van der Waals surface area contributed by atoms with E-state index in [2.05, 4.69) is 4.98 Å². The number of hydrogen-bond acceptors (Lipinski definition) is 5. The first-order valence-corrected chi connectivity index (χ1v) is 7.40. The van der Waals surface area contributed by atoms with Crippen LogP contribution in [0.5, 0.6) is 0 Å². The van der Waals surface area contributed by atoms with E-state index in [0.717, 1.165) is 12.3 Å². The molecule has 0 aliphatic heterocycles. The Labute approximate surface area is 105 Å². The number of pyridine rings is 1. The average molecular weight is 322 g/mol. The molecule has 0 bridgehead atoms. The third kappa shape index (κ3) is 2.94. The number of alkyl halides is 4. The number of hydrogen-bond donors (Lipinski definition) is 0. The third-order valence-electron chi connectivity index (χ3n) is 1.74. The largest absolute Gasteiger partial charge is 0.517 e. The maximum Gasteiger partial charge on any atom is 0.517 e. The lowest BCUT2D eigenvalue weighted by Gasteiger charge is -2.22. The van der Waals surface area contributed by atoms with Crippen molar-refractivity contribution in [3.05, 3.63) is 24.4 Å². The Bertz CT molecular complexity index is 641. The van der Waals surface area contributed by atoms with E-state index in [0.29, 0.717) is 6.07 Å². The van der Waals surface area contributed by atoms with Crippen molar-refractivity contribution >= 4 is 25.9 Å². The summed E-state index contributed by atoms with van der Waals surface area (Å²) in [6, 6.07) is 0.633. The predicted octanol–water partition coefficient (Wildman–Crippen LogP) is 0.994. The molecule has 6 nitrogen and oxygen atoms in total. The van der Waals surface area contributed by atoms with E-state index in [1.165, 1.54) is 6.07 Å². The fourth-order valence-corrected chi connectivity index (χ4v) is 3.61. The van der Waals surface area contributed by atoms with Gasteiger partial charge in [-0.15, -0.1) is 3.71 Å². The van der Waals surface area contributed by atoms with Crippen LogP contribution in [0.15, 0.2) is 24.4 Å². The quantitative estimate of drug-likeness (QED) is 0.772. The summed E-state index contributed by atoms with van der Waals surface area (Å²) in [7, 11) is -11.7. The van der Waals surface area contributed by atoms with Gasteiger partial charge in [-0.05, 0) is 12.1 Å². The SMILES string of the molecule is O=S(=O)(CF)N(c1ccccn1)S(=O)(=O)C(F)(F)F. The topological polar surface area (TPSA) is 84.4 Å². The van der Waals surface area contributed by atoms with Gasteiger partial charge in [0, 0.05) is 6.20 Å². The normalized spacial score (nSPS) is 13.3. The van der Waals surface area contributed by atoms with Crippen LogP contribution in [0.1, 0.15) is 0 Å². The zero-order valence-electron chi connectivity index (χ0n) is 8.87. The summed E-state index contributed by atoms with van der Waals surface area (Å²) in [5, 5.41) is 0. The van der Waals surface area contributed by atoms with E-state index >= 15 is 0 Å². The van der Waals surface area contributed by atoms with Gasteiger partial charge in [-0.1, -0.05) is 6.07 Å². The highest BCUT2D eigenvalue weighted by Crippen LogP contribution is 2.32. The van der Waals surface area contributed by atoms with Crippen molar-refractivity contribution in [2.45, 2.75) is 5.51 Å². The Balaban J connectivity index is 3.58. The summed E-state index contributed by atoms with van der Waals surface area (Å²) in [5.74, 6) is -1.07. The highest BCUT2D eigenvalue weighted by atomic mass is 32.3. The Kier molecular flexibility index (Phi) is 4.05. The summed E-state index contributed by atoms with van der Waals surface area (Å²) >= 11 is 0. The molecule has 0 saturated heterocycles. The fraction of sp³-hybridized carbons (Fsp3) is 0.286. The molecule has 1 aromatic heterocycles. The first-order chi connectivity index (χ1) is 8.54. The molecular formula is C7H6F4N2O4S2. The second-order valence-electron chi connectivity index (χ2n) is 3.06. The number of anilines is 1. The van der Waals surface area contributed by atoms with E-state index in [9.17, 15) is 34.4 Å². The Morgan fingerprint density at radius 3 is 2.11 bits per heavy atom. The lowest BCUT2D eigenvalue weighted by molar-refractivity contribution is -0.0434. The monoisotopic (exact) mass is 322 g/mol. The van der Waals surface area contributed by atoms with Crippen molar-refractivity contribution in [2.24, 2.45) is 0 Å². The lowest BCUT2D eigenvalue weighted by atomic mass is 10.5. The highest BCUT2D eigenvalue weighted by Gasteiger charge is 2.54. The molecule has 0 N–H and O–H groups in total. The summed E-state index contributed by atoms with van der Waals surface area (Å²) in [6.45, 7) is 0. The minimum absolute atomic E-state index is 0.691. The smallest absolute Gasteiger partial charge is 0.237 e. The van der Waals surface area contributed by atoms with E-state index in [4.69, 9.17) is 0 Å². The molecule has 0 aliphatic carbocycles. The fourth-order valence-electron chi connectivity index (χ4n) is 1.02. The van der Waals surface area contributed by atoms with Gasteiger partial charge in [0.05, 0.1) is 0 Å². The van der Waals surface area contributed by atoms with Crippen LogP contribution in [-0.2, 0) is 20.0 Å². The summed E-state index contributed by atoms with van der Waals surface area (Å²) in [4.78, 5) is 3.17. The minimum Gasteiger partial charge on any atom is -0.237 e. The van der Waals surface area contributed by atoms with E-state index in [1.807, 2.05) is 0 Å². The van der Waals surface area contributed by atoms with Gasteiger partial charge in [0.15, 0.2) is 5.82 Å². The molecule has 12 heteroatoms. The van der Waals surface area contributed by atoms with Crippen LogP contribution in [0.3, 0.4) is 0 Å². The molecule has 108 valence electrons. The average Bonchev–Trinajstić information content (AvgIpc) is 2.28. The van der Waals surface area contributed by atoms with Gasteiger partial charge in [-0.3, -0.25) is 0 Å². The van der Waals surface area contributed by atoms with E-state index < -0.39 is 41.1 Å². The van der Waals surface area contributed by atoms with Gasteiger partial charge in [0.25, 0.3) is 10.0 Å². The summed E-state index contributed by atoms with van der Waals surface area (Å²) in [5.41, 5.74) is -5.91. The molecule has 19 heavy (non-hydrogen) atoms. The van der Waals surface area contributed by atoms with Crippen molar-refractivity contribution in [2.75, 3.05) is 9.72 Å². The van der Waals surface area contributed by atoms with E-state index in [-0.39, 0.29) is 0 Å². The van der Waals surface area contributed by atoms with Crippen molar-refractivity contribution in [3.8, 4) is 0 Å². The van der Waals surface area contributed by atoms with Crippen LogP contribution in [0.4, 0.5) is 23.4 Å². The highest BCUT2D eigenvalue weighted by molar-refractivity contribution is 8.10. The first kappa shape index (κ1) is 15.6. The summed E-state index contributed by atoms with van der Waals surface area (Å²) in [6.07, 6.45) is 0.863. The van der Waals surface area contributed by atoms with Gasteiger partial charge in [-0.2, -0.15) is 21.6 Å². The predicted molar refractivity (Wildman–Crippen MR) is 56.6 cm³/mol. The standard InChI is InChI=1S/C7H6F4N2O4S2/c8-5-18(14,15)13(6-3-1-2-4-12-6)19(16,17)7(9,10)11/h1-4H,5H2. The molecule has 0 atom stereocenters. The second kappa shape index (κ2) is 4.92. The van der Waals surface area contributed by atoms with Crippen molar-refractivity contribution in [1.29, 1.82) is 0 Å². The molecule has 1 aromatic rings. The van der Waals surface area contributed by atoms with Gasteiger partial charge < -0.3 is 0 Å². The Hall–Kier alpha value is -1.43. The van der Waals surface area contributed by atoms with Crippen LogP contribution in [0.25, 0.3) is 0 Å². The summed E-state index contributed by atoms with van der Waals surface area (Å²) < 4.78 is 93.2. The maximum atomic E-state index is 12.4. The van der Waals surface area contributed by atoms with Crippen LogP contribution >= 0.6 is 0 Å². The molecule has 0 spiro atoms. The van der Waals surface area contributed by atoms with Gasteiger partial charge in [0.2, 0.25) is 6.01 Å². The molecule has 0 aliphatic rings. The molecule has 0 saturated carbocycles.